The van der Waals surface area contributed by atoms with Gasteiger partial charge in [-0.1, -0.05) is 43.2 Å². The summed E-state index contributed by atoms with van der Waals surface area (Å²) in [7, 11) is 0. The SMILES string of the molecule is Cc1csc(CNC(=O)[C@H](OC2CCCC2)c2ccccc2)n1. The third-order valence-corrected chi connectivity index (χ3v) is 5.02. The van der Waals surface area contributed by atoms with E-state index in [1.165, 1.54) is 12.8 Å². The summed E-state index contributed by atoms with van der Waals surface area (Å²) in [6.45, 7) is 2.41. The van der Waals surface area contributed by atoms with Crippen LogP contribution in [-0.2, 0) is 16.1 Å². The van der Waals surface area contributed by atoms with Crippen LogP contribution in [0.4, 0.5) is 0 Å². The van der Waals surface area contributed by atoms with Crippen LogP contribution in [0.15, 0.2) is 35.7 Å². The lowest BCUT2D eigenvalue weighted by Gasteiger charge is -2.21. The first-order valence-corrected chi connectivity index (χ1v) is 8.99. The first-order valence-electron chi connectivity index (χ1n) is 8.11. The van der Waals surface area contributed by atoms with Gasteiger partial charge in [0.05, 0.1) is 12.6 Å². The maximum atomic E-state index is 12.7. The van der Waals surface area contributed by atoms with Crippen molar-refractivity contribution >= 4 is 17.2 Å². The summed E-state index contributed by atoms with van der Waals surface area (Å²) in [5, 5.41) is 5.88. The molecule has 1 aromatic carbocycles. The molecule has 23 heavy (non-hydrogen) atoms. The fourth-order valence-electron chi connectivity index (χ4n) is 2.88. The van der Waals surface area contributed by atoms with E-state index in [4.69, 9.17) is 4.74 Å². The zero-order valence-electron chi connectivity index (χ0n) is 13.3. The third kappa shape index (κ3) is 4.39. The summed E-state index contributed by atoms with van der Waals surface area (Å²) in [4.78, 5) is 17.0. The molecule has 3 rings (SSSR count). The minimum Gasteiger partial charge on any atom is -0.360 e. The average Bonchev–Trinajstić information content (AvgIpc) is 3.23. The predicted octanol–water partition coefficient (Wildman–Crippen LogP) is 3.77. The van der Waals surface area contributed by atoms with Crippen molar-refractivity contribution in [1.29, 1.82) is 0 Å². The molecule has 2 aromatic rings. The lowest BCUT2D eigenvalue weighted by atomic mass is 10.1. The first kappa shape index (κ1) is 16.1. The van der Waals surface area contributed by atoms with Crippen molar-refractivity contribution in [3.8, 4) is 0 Å². The highest BCUT2D eigenvalue weighted by Gasteiger charge is 2.27. The number of aryl methyl sites for hydroxylation is 1. The summed E-state index contributed by atoms with van der Waals surface area (Å²) < 4.78 is 6.12. The zero-order valence-corrected chi connectivity index (χ0v) is 14.1. The van der Waals surface area contributed by atoms with E-state index in [0.717, 1.165) is 29.1 Å². The van der Waals surface area contributed by atoms with Crippen LogP contribution in [-0.4, -0.2) is 17.0 Å². The average molecular weight is 330 g/mol. The van der Waals surface area contributed by atoms with Crippen LogP contribution >= 0.6 is 11.3 Å². The Hall–Kier alpha value is -1.72. The van der Waals surface area contributed by atoms with Crippen molar-refractivity contribution in [2.45, 2.75) is 51.4 Å². The molecule has 1 fully saturated rings. The van der Waals surface area contributed by atoms with Gasteiger partial charge in [-0.2, -0.15) is 0 Å². The second-order valence-electron chi connectivity index (χ2n) is 5.93. The van der Waals surface area contributed by atoms with Crippen molar-refractivity contribution in [3.05, 3.63) is 52.0 Å². The van der Waals surface area contributed by atoms with Gasteiger partial charge in [-0.15, -0.1) is 11.3 Å². The molecule has 0 aliphatic heterocycles. The number of carbonyl (C=O) groups excluding carboxylic acids is 1. The van der Waals surface area contributed by atoms with Gasteiger partial charge < -0.3 is 10.1 Å². The Kier molecular flexibility index (Phi) is 5.41. The molecule has 0 bridgehead atoms. The van der Waals surface area contributed by atoms with Crippen LogP contribution in [0, 0.1) is 6.92 Å². The standard InChI is InChI=1S/C18H22N2O2S/c1-13-12-23-16(20-13)11-19-18(21)17(14-7-3-2-4-8-14)22-15-9-5-6-10-15/h2-4,7-8,12,15,17H,5-6,9-11H2,1H3,(H,19,21)/t17-/m1/s1. The monoisotopic (exact) mass is 330 g/mol. The molecule has 1 aromatic heterocycles. The van der Waals surface area contributed by atoms with E-state index >= 15 is 0 Å². The van der Waals surface area contributed by atoms with Crippen molar-refractivity contribution in [2.24, 2.45) is 0 Å². The lowest BCUT2D eigenvalue weighted by Crippen LogP contribution is -2.32. The van der Waals surface area contributed by atoms with Gasteiger partial charge in [0.1, 0.15) is 5.01 Å². The van der Waals surface area contributed by atoms with Gasteiger partial charge in [0.15, 0.2) is 6.10 Å². The topological polar surface area (TPSA) is 51.2 Å². The number of benzene rings is 1. The number of aromatic nitrogens is 1. The van der Waals surface area contributed by atoms with E-state index in [9.17, 15) is 4.79 Å². The summed E-state index contributed by atoms with van der Waals surface area (Å²) in [6, 6.07) is 9.74. The van der Waals surface area contributed by atoms with Gasteiger partial charge >= 0.3 is 0 Å². The Morgan fingerprint density at radius 2 is 2.09 bits per heavy atom. The highest BCUT2D eigenvalue weighted by atomic mass is 32.1. The van der Waals surface area contributed by atoms with E-state index in [1.54, 1.807) is 11.3 Å². The predicted molar refractivity (Wildman–Crippen MR) is 91.2 cm³/mol. The highest BCUT2D eigenvalue weighted by molar-refractivity contribution is 7.09. The molecule has 1 N–H and O–H groups in total. The molecule has 0 spiro atoms. The van der Waals surface area contributed by atoms with Crippen LogP contribution in [0.25, 0.3) is 0 Å². The number of amides is 1. The molecule has 1 aliphatic rings. The summed E-state index contributed by atoms with van der Waals surface area (Å²) in [6.07, 6.45) is 4.11. The molecule has 1 heterocycles. The Morgan fingerprint density at radius 1 is 1.35 bits per heavy atom. The fourth-order valence-corrected chi connectivity index (χ4v) is 3.59. The Labute approximate surface area is 140 Å². The van der Waals surface area contributed by atoms with E-state index < -0.39 is 6.10 Å². The van der Waals surface area contributed by atoms with Crippen LogP contribution in [0.2, 0.25) is 0 Å². The minimum absolute atomic E-state index is 0.0871. The summed E-state index contributed by atoms with van der Waals surface area (Å²) in [5.74, 6) is -0.0871. The second kappa shape index (κ2) is 7.70. The number of hydrogen-bond acceptors (Lipinski definition) is 4. The molecule has 0 unspecified atom stereocenters. The maximum absolute atomic E-state index is 12.7. The van der Waals surface area contributed by atoms with Crippen molar-refractivity contribution in [1.82, 2.24) is 10.3 Å². The number of hydrogen-bond donors (Lipinski definition) is 1. The Balaban J connectivity index is 1.67. The molecular formula is C18H22N2O2S. The number of rotatable bonds is 6. The number of carbonyl (C=O) groups is 1. The van der Waals surface area contributed by atoms with Gasteiger partial charge in [0.2, 0.25) is 0 Å². The molecule has 1 aliphatic carbocycles. The number of nitrogens with zero attached hydrogens (tertiary/aromatic N) is 1. The molecule has 1 amide bonds. The number of ether oxygens (including phenoxy) is 1. The molecule has 0 radical (unpaired) electrons. The van der Waals surface area contributed by atoms with Crippen molar-refractivity contribution in [2.75, 3.05) is 0 Å². The zero-order chi connectivity index (χ0) is 16.1. The van der Waals surface area contributed by atoms with Crippen molar-refractivity contribution < 1.29 is 9.53 Å². The molecule has 4 nitrogen and oxygen atoms in total. The number of nitrogens with one attached hydrogen (secondary N) is 1. The maximum Gasteiger partial charge on any atom is 0.254 e. The summed E-state index contributed by atoms with van der Waals surface area (Å²) >= 11 is 1.57. The van der Waals surface area contributed by atoms with Gasteiger partial charge in [-0.05, 0) is 25.3 Å². The van der Waals surface area contributed by atoms with Gasteiger partial charge in [0, 0.05) is 11.1 Å². The molecule has 1 saturated carbocycles. The van der Waals surface area contributed by atoms with E-state index in [-0.39, 0.29) is 12.0 Å². The normalized spacial score (nSPS) is 16.4. The quantitative estimate of drug-likeness (QED) is 0.877. The first-order chi connectivity index (χ1) is 11.2. The van der Waals surface area contributed by atoms with Crippen LogP contribution in [0.3, 0.4) is 0 Å². The molecule has 122 valence electrons. The van der Waals surface area contributed by atoms with E-state index in [1.807, 2.05) is 42.6 Å². The van der Waals surface area contributed by atoms with Gasteiger partial charge in [0.25, 0.3) is 5.91 Å². The van der Waals surface area contributed by atoms with E-state index in [2.05, 4.69) is 10.3 Å². The van der Waals surface area contributed by atoms with Crippen LogP contribution < -0.4 is 5.32 Å². The second-order valence-corrected chi connectivity index (χ2v) is 6.88. The smallest absolute Gasteiger partial charge is 0.254 e. The lowest BCUT2D eigenvalue weighted by molar-refractivity contribution is -0.137. The molecule has 1 atom stereocenters. The van der Waals surface area contributed by atoms with Crippen LogP contribution in [0.5, 0.6) is 0 Å². The largest absolute Gasteiger partial charge is 0.360 e. The van der Waals surface area contributed by atoms with Gasteiger partial charge in [-0.25, -0.2) is 4.98 Å². The summed E-state index contributed by atoms with van der Waals surface area (Å²) in [5.41, 5.74) is 1.90. The van der Waals surface area contributed by atoms with Crippen molar-refractivity contribution in [3.63, 3.8) is 0 Å². The molecule has 0 saturated heterocycles. The Morgan fingerprint density at radius 3 is 2.74 bits per heavy atom. The minimum atomic E-state index is -0.541. The van der Waals surface area contributed by atoms with E-state index in [0.29, 0.717) is 6.54 Å². The highest BCUT2D eigenvalue weighted by Crippen LogP contribution is 2.28. The molecular weight excluding hydrogens is 308 g/mol. The Bertz CT molecular complexity index is 635. The fraction of sp³-hybridized carbons (Fsp3) is 0.444. The number of thiazole rings is 1. The third-order valence-electron chi connectivity index (χ3n) is 4.05. The van der Waals surface area contributed by atoms with Crippen LogP contribution in [0.1, 0.15) is 48.1 Å². The molecule has 5 heteroatoms. The van der Waals surface area contributed by atoms with Gasteiger partial charge in [-0.3, -0.25) is 4.79 Å².